The highest BCUT2D eigenvalue weighted by Crippen LogP contribution is 2.16. The quantitative estimate of drug-likeness (QED) is 0.700. The van der Waals surface area contributed by atoms with Crippen LogP contribution in [-0.4, -0.2) is 6.17 Å². The monoisotopic (exact) mass is 184 g/mol. The van der Waals surface area contributed by atoms with Crippen molar-refractivity contribution in [2.45, 2.75) is 19.0 Å². The molecule has 0 bridgehead atoms. The third kappa shape index (κ3) is 2.81. The van der Waals surface area contributed by atoms with Gasteiger partial charge in [0.2, 0.25) is 0 Å². The molecule has 0 aliphatic carbocycles. The third-order valence-corrected chi connectivity index (χ3v) is 2.07. The minimum Gasteiger partial charge on any atom is -0.316 e. The lowest BCUT2D eigenvalue weighted by molar-refractivity contribution is 0.639. The van der Waals surface area contributed by atoms with Crippen LogP contribution in [0.5, 0.6) is 0 Å². The Bertz CT molecular complexity index is 248. The van der Waals surface area contributed by atoms with Gasteiger partial charge in [0, 0.05) is 5.02 Å². The van der Waals surface area contributed by atoms with E-state index in [2.05, 4.69) is 0 Å². The van der Waals surface area contributed by atoms with E-state index in [-0.39, 0.29) is 6.17 Å². The number of hydrogen-bond acceptors (Lipinski definition) is 2. The SMILES string of the molecule is NC(N)CCc1ccccc1Cl. The Balaban J connectivity index is 2.57. The lowest BCUT2D eigenvalue weighted by Gasteiger charge is -2.05. The van der Waals surface area contributed by atoms with E-state index in [0.717, 1.165) is 23.4 Å². The van der Waals surface area contributed by atoms with E-state index in [1.165, 1.54) is 0 Å². The number of aryl methyl sites for hydroxylation is 1. The molecule has 0 saturated heterocycles. The topological polar surface area (TPSA) is 52.0 Å². The molecule has 66 valence electrons. The first-order valence-electron chi connectivity index (χ1n) is 3.94. The molecular weight excluding hydrogens is 172 g/mol. The first kappa shape index (κ1) is 9.52. The molecule has 0 saturated carbocycles. The predicted octanol–water partition coefficient (Wildman–Crippen LogP) is 1.52. The van der Waals surface area contributed by atoms with Crippen LogP contribution in [0.1, 0.15) is 12.0 Å². The molecule has 0 atom stereocenters. The summed E-state index contributed by atoms with van der Waals surface area (Å²) in [7, 11) is 0. The normalized spacial score (nSPS) is 10.7. The first-order valence-corrected chi connectivity index (χ1v) is 4.32. The fraction of sp³-hybridized carbons (Fsp3) is 0.333. The average Bonchev–Trinajstić information content (AvgIpc) is 2.03. The van der Waals surface area contributed by atoms with Crippen LogP contribution in [0.25, 0.3) is 0 Å². The van der Waals surface area contributed by atoms with Crippen molar-refractivity contribution in [2.75, 3.05) is 0 Å². The Morgan fingerprint density at radius 3 is 2.50 bits per heavy atom. The molecule has 3 heteroatoms. The van der Waals surface area contributed by atoms with Crippen molar-refractivity contribution < 1.29 is 0 Å². The van der Waals surface area contributed by atoms with Crippen molar-refractivity contribution in [3.8, 4) is 0 Å². The van der Waals surface area contributed by atoms with Crippen molar-refractivity contribution in [1.82, 2.24) is 0 Å². The maximum Gasteiger partial charge on any atom is 0.0524 e. The van der Waals surface area contributed by atoms with Crippen molar-refractivity contribution in [1.29, 1.82) is 0 Å². The highest BCUT2D eigenvalue weighted by atomic mass is 35.5. The summed E-state index contributed by atoms with van der Waals surface area (Å²) in [6, 6.07) is 7.74. The van der Waals surface area contributed by atoms with Gasteiger partial charge < -0.3 is 11.5 Å². The molecule has 2 nitrogen and oxygen atoms in total. The molecule has 4 N–H and O–H groups in total. The van der Waals surface area contributed by atoms with Crippen molar-refractivity contribution in [3.63, 3.8) is 0 Å². The van der Waals surface area contributed by atoms with Gasteiger partial charge >= 0.3 is 0 Å². The molecule has 0 aromatic heterocycles. The van der Waals surface area contributed by atoms with Crippen LogP contribution >= 0.6 is 11.6 Å². The molecule has 0 aliphatic rings. The summed E-state index contributed by atoms with van der Waals surface area (Å²) in [5, 5.41) is 0.790. The summed E-state index contributed by atoms with van der Waals surface area (Å²) in [6.45, 7) is 0. The summed E-state index contributed by atoms with van der Waals surface area (Å²) >= 11 is 5.93. The van der Waals surface area contributed by atoms with E-state index < -0.39 is 0 Å². The zero-order valence-corrected chi connectivity index (χ0v) is 7.59. The van der Waals surface area contributed by atoms with Crippen molar-refractivity contribution in [2.24, 2.45) is 11.5 Å². The van der Waals surface area contributed by atoms with Crippen LogP contribution in [0.2, 0.25) is 5.02 Å². The maximum atomic E-state index is 5.93. The molecule has 1 aromatic carbocycles. The minimum absolute atomic E-state index is 0.249. The van der Waals surface area contributed by atoms with Gasteiger partial charge in [-0.25, -0.2) is 0 Å². The van der Waals surface area contributed by atoms with Gasteiger partial charge in [-0.15, -0.1) is 0 Å². The molecule has 1 aromatic rings. The molecule has 1 rings (SSSR count). The number of rotatable bonds is 3. The van der Waals surface area contributed by atoms with E-state index in [9.17, 15) is 0 Å². The highest BCUT2D eigenvalue weighted by molar-refractivity contribution is 6.31. The van der Waals surface area contributed by atoms with Crippen LogP contribution < -0.4 is 11.5 Å². The van der Waals surface area contributed by atoms with Crippen LogP contribution in [0.3, 0.4) is 0 Å². The second-order valence-electron chi connectivity index (χ2n) is 2.79. The van der Waals surface area contributed by atoms with Gasteiger partial charge in [0.15, 0.2) is 0 Å². The second-order valence-corrected chi connectivity index (χ2v) is 3.20. The van der Waals surface area contributed by atoms with E-state index in [0.29, 0.717) is 0 Å². The van der Waals surface area contributed by atoms with Crippen molar-refractivity contribution in [3.05, 3.63) is 34.9 Å². The summed E-state index contributed by atoms with van der Waals surface area (Å²) in [4.78, 5) is 0. The van der Waals surface area contributed by atoms with E-state index in [1.807, 2.05) is 24.3 Å². The van der Waals surface area contributed by atoms with E-state index >= 15 is 0 Å². The zero-order valence-electron chi connectivity index (χ0n) is 6.83. The summed E-state index contributed by atoms with van der Waals surface area (Å²) in [5.74, 6) is 0. The van der Waals surface area contributed by atoms with E-state index in [4.69, 9.17) is 23.1 Å². The van der Waals surface area contributed by atoms with Gasteiger partial charge in [0.05, 0.1) is 6.17 Å². The Kier molecular flexibility index (Phi) is 3.53. The molecule has 0 heterocycles. The second kappa shape index (κ2) is 4.45. The van der Waals surface area contributed by atoms with Crippen LogP contribution in [0, 0.1) is 0 Å². The molecular formula is C9H13ClN2. The molecule has 0 amide bonds. The third-order valence-electron chi connectivity index (χ3n) is 1.70. The fourth-order valence-corrected chi connectivity index (χ4v) is 1.25. The van der Waals surface area contributed by atoms with Crippen LogP contribution in [0.4, 0.5) is 0 Å². The summed E-state index contributed by atoms with van der Waals surface area (Å²) in [5.41, 5.74) is 12.0. The van der Waals surface area contributed by atoms with Crippen molar-refractivity contribution >= 4 is 11.6 Å². The van der Waals surface area contributed by atoms with Gasteiger partial charge in [-0.3, -0.25) is 0 Å². The molecule has 0 spiro atoms. The van der Waals surface area contributed by atoms with Gasteiger partial charge in [-0.05, 0) is 24.5 Å². The maximum absolute atomic E-state index is 5.93. The summed E-state index contributed by atoms with van der Waals surface area (Å²) in [6.07, 6.45) is 1.36. The number of hydrogen-bond donors (Lipinski definition) is 2. The zero-order chi connectivity index (χ0) is 8.97. The number of halogens is 1. The largest absolute Gasteiger partial charge is 0.316 e. The minimum atomic E-state index is -0.249. The van der Waals surface area contributed by atoms with Crippen LogP contribution in [-0.2, 0) is 6.42 Å². The van der Waals surface area contributed by atoms with Crippen LogP contribution in [0.15, 0.2) is 24.3 Å². The smallest absolute Gasteiger partial charge is 0.0524 e. The summed E-state index contributed by atoms with van der Waals surface area (Å²) < 4.78 is 0. The standard InChI is InChI=1S/C9H13ClN2/c10-8-4-2-1-3-7(8)5-6-9(11)12/h1-4,9H,5-6,11-12H2. The fourth-order valence-electron chi connectivity index (χ4n) is 1.02. The first-order chi connectivity index (χ1) is 5.70. The molecule has 0 fully saturated rings. The lowest BCUT2D eigenvalue weighted by Crippen LogP contribution is -2.30. The van der Waals surface area contributed by atoms with Gasteiger partial charge in [-0.2, -0.15) is 0 Å². The number of nitrogens with two attached hydrogens (primary N) is 2. The average molecular weight is 185 g/mol. The molecule has 0 aliphatic heterocycles. The Morgan fingerprint density at radius 2 is 1.92 bits per heavy atom. The van der Waals surface area contributed by atoms with Gasteiger partial charge in [0.25, 0.3) is 0 Å². The number of benzene rings is 1. The van der Waals surface area contributed by atoms with Gasteiger partial charge in [0.1, 0.15) is 0 Å². The molecule has 0 radical (unpaired) electrons. The highest BCUT2D eigenvalue weighted by Gasteiger charge is 2.00. The van der Waals surface area contributed by atoms with E-state index in [1.54, 1.807) is 0 Å². The predicted molar refractivity (Wildman–Crippen MR) is 51.9 cm³/mol. The van der Waals surface area contributed by atoms with Gasteiger partial charge in [-0.1, -0.05) is 29.8 Å². The Labute approximate surface area is 77.5 Å². The Morgan fingerprint density at radius 1 is 1.25 bits per heavy atom. The lowest BCUT2D eigenvalue weighted by atomic mass is 10.1. The molecule has 12 heavy (non-hydrogen) atoms. The Hall–Kier alpha value is -0.570. The molecule has 0 unspecified atom stereocenters.